The van der Waals surface area contributed by atoms with Crippen LogP contribution in [0.5, 0.6) is 0 Å². The van der Waals surface area contributed by atoms with Crippen molar-refractivity contribution in [3.8, 4) is 11.4 Å². The van der Waals surface area contributed by atoms with Crippen molar-refractivity contribution >= 4 is 11.0 Å². The molecule has 0 aromatic carbocycles. The first kappa shape index (κ1) is 15.9. The Bertz CT molecular complexity index is 1200. The van der Waals surface area contributed by atoms with E-state index in [-0.39, 0.29) is 17.9 Å². The lowest BCUT2D eigenvalue weighted by atomic mass is 10.0. The molecule has 1 aliphatic rings. The average molecular weight is 363 g/mol. The third-order valence-corrected chi connectivity index (χ3v) is 4.69. The Morgan fingerprint density at radius 3 is 3.15 bits per heavy atom. The maximum absolute atomic E-state index is 12.4. The monoisotopic (exact) mass is 363 g/mol. The normalized spacial score (nSPS) is 13.8. The van der Waals surface area contributed by atoms with Crippen LogP contribution < -0.4 is 10.9 Å². The van der Waals surface area contributed by atoms with Crippen molar-refractivity contribution in [1.82, 2.24) is 35.2 Å². The van der Waals surface area contributed by atoms with Crippen LogP contribution in [0, 0.1) is 6.92 Å². The maximum Gasteiger partial charge on any atom is 0.259 e. The van der Waals surface area contributed by atoms with Gasteiger partial charge in [0.05, 0.1) is 11.8 Å². The first-order chi connectivity index (χ1) is 13.2. The lowest BCUT2D eigenvalue weighted by Crippen LogP contribution is -2.27. The van der Waals surface area contributed by atoms with E-state index in [1.807, 2.05) is 19.1 Å². The van der Waals surface area contributed by atoms with Gasteiger partial charge in [0.25, 0.3) is 5.56 Å². The van der Waals surface area contributed by atoms with Gasteiger partial charge in [-0.1, -0.05) is 5.16 Å². The number of nitrogens with one attached hydrogen (secondary N) is 2. The first-order valence-electron chi connectivity index (χ1n) is 8.74. The average Bonchev–Trinajstić information content (AvgIpc) is 3.28. The Kier molecular flexibility index (Phi) is 3.61. The molecule has 27 heavy (non-hydrogen) atoms. The second-order valence-electron chi connectivity index (χ2n) is 6.68. The Labute approximate surface area is 153 Å². The second kappa shape index (κ2) is 6.13. The van der Waals surface area contributed by atoms with Crippen LogP contribution in [-0.2, 0) is 19.5 Å². The molecule has 0 amide bonds. The van der Waals surface area contributed by atoms with E-state index in [0.717, 1.165) is 40.8 Å². The fourth-order valence-corrected chi connectivity index (χ4v) is 3.35. The van der Waals surface area contributed by atoms with Gasteiger partial charge >= 0.3 is 0 Å². The molecule has 0 aliphatic carbocycles. The number of fused-ring (bicyclic) bond motifs is 2. The number of aryl methyl sites for hydroxylation is 1. The number of pyridine rings is 2. The van der Waals surface area contributed by atoms with Crippen LogP contribution in [0.3, 0.4) is 0 Å². The Morgan fingerprint density at radius 1 is 1.30 bits per heavy atom. The molecule has 5 heterocycles. The summed E-state index contributed by atoms with van der Waals surface area (Å²) in [6.45, 7) is 3.85. The van der Waals surface area contributed by atoms with Gasteiger partial charge in [-0.05, 0) is 30.2 Å². The minimum atomic E-state index is -0.204. The number of aromatic amines is 1. The molecule has 1 aliphatic heterocycles. The van der Waals surface area contributed by atoms with Gasteiger partial charge < -0.3 is 14.8 Å². The maximum atomic E-state index is 12.4. The summed E-state index contributed by atoms with van der Waals surface area (Å²) in [6.07, 6.45) is 4.36. The molecule has 0 saturated heterocycles. The highest BCUT2D eigenvalue weighted by molar-refractivity contribution is 5.74. The van der Waals surface area contributed by atoms with Crippen LogP contribution in [-0.4, -0.2) is 36.4 Å². The third kappa shape index (κ3) is 2.81. The Morgan fingerprint density at radius 2 is 2.22 bits per heavy atom. The van der Waals surface area contributed by atoms with Crippen molar-refractivity contribution in [2.24, 2.45) is 0 Å². The van der Waals surface area contributed by atoms with Crippen molar-refractivity contribution in [1.29, 1.82) is 0 Å². The van der Waals surface area contributed by atoms with Crippen LogP contribution in [0.4, 0.5) is 0 Å². The summed E-state index contributed by atoms with van der Waals surface area (Å²) in [7, 11) is 0. The Balaban J connectivity index is 1.47. The predicted molar refractivity (Wildman–Crippen MR) is 97.1 cm³/mol. The van der Waals surface area contributed by atoms with E-state index in [2.05, 4.69) is 30.5 Å². The molecular weight excluding hydrogens is 346 g/mol. The van der Waals surface area contributed by atoms with E-state index in [9.17, 15) is 4.79 Å². The minimum Gasteiger partial charge on any atom is -0.337 e. The molecular formula is C18H17N7O2. The molecule has 4 aromatic heterocycles. The molecule has 0 radical (unpaired) electrons. The highest BCUT2D eigenvalue weighted by Gasteiger charge is 2.18. The molecule has 0 saturated carbocycles. The fourth-order valence-electron chi connectivity index (χ4n) is 3.35. The summed E-state index contributed by atoms with van der Waals surface area (Å²) in [5, 5.41) is 12.6. The first-order valence-corrected chi connectivity index (χ1v) is 8.74. The fraction of sp³-hybridized carbons (Fsp3) is 0.278. The van der Waals surface area contributed by atoms with E-state index in [4.69, 9.17) is 4.52 Å². The number of H-pyrrole nitrogens is 1. The molecule has 9 nitrogen and oxygen atoms in total. The van der Waals surface area contributed by atoms with E-state index < -0.39 is 0 Å². The number of hydrogen-bond acceptors (Lipinski definition) is 7. The molecule has 0 fully saturated rings. The number of hydrogen-bond donors (Lipinski definition) is 2. The van der Waals surface area contributed by atoms with Crippen molar-refractivity contribution in [3.05, 3.63) is 57.6 Å². The van der Waals surface area contributed by atoms with E-state index in [1.165, 1.54) is 0 Å². The summed E-state index contributed by atoms with van der Waals surface area (Å²) >= 11 is 0. The number of rotatable bonds is 3. The van der Waals surface area contributed by atoms with Gasteiger partial charge in [-0.3, -0.25) is 4.79 Å². The van der Waals surface area contributed by atoms with E-state index in [1.54, 1.807) is 17.1 Å². The zero-order valence-electron chi connectivity index (χ0n) is 14.7. The van der Waals surface area contributed by atoms with Gasteiger partial charge in [-0.25, -0.2) is 9.67 Å². The second-order valence-corrected chi connectivity index (χ2v) is 6.68. The van der Waals surface area contributed by atoms with Gasteiger partial charge in [0.2, 0.25) is 11.7 Å². The van der Waals surface area contributed by atoms with Gasteiger partial charge in [0, 0.05) is 36.8 Å². The number of aromatic nitrogens is 6. The molecule has 5 rings (SSSR count). The van der Waals surface area contributed by atoms with Crippen molar-refractivity contribution < 1.29 is 4.52 Å². The smallest absolute Gasteiger partial charge is 0.259 e. The quantitative estimate of drug-likeness (QED) is 0.561. The zero-order valence-corrected chi connectivity index (χ0v) is 14.7. The molecule has 9 heteroatoms. The molecule has 0 atom stereocenters. The molecule has 136 valence electrons. The largest absolute Gasteiger partial charge is 0.337 e. The van der Waals surface area contributed by atoms with Crippen molar-refractivity contribution in [2.75, 3.05) is 6.54 Å². The van der Waals surface area contributed by atoms with Gasteiger partial charge in [-0.15, -0.1) is 0 Å². The van der Waals surface area contributed by atoms with Crippen LogP contribution in [0.2, 0.25) is 0 Å². The molecule has 0 unspecified atom stereocenters. The standard InChI is InChI=1S/C18H17N7O2/c1-10-4-12-8-21-25(17(12)20-6-10)9-15-23-16(24-27-15)13-5-11-7-19-3-2-14(11)22-18(13)26/h4-6,8,19H,2-3,7,9H2,1H3,(H,22,26). The Hall–Kier alpha value is -3.33. The third-order valence-electron chi connectivity index (χ3n) is 4.69. The summed E-state index contributed by atoms with van der Waals surface area (Å²) in [5.74, 6) is 0.646. The lowest BCUT2D eigenvalue weighted by Gasteiger charge is -2.16. The van der Waals surface area contributed by atoms with Crippen LogP contribution in [0.1, 0.15) is 22.7 Å². The van der Waals surface area contributed by atoms with Gasteiger partial charge in [-0.2, -0.15) is 10.1 Å². The van der Waals surface area contributed by atoms with Crippen LogP contribution in [0.25, 0.3) is 22.4 Å². The summed E-state index contributed by atoms with van der Waals surface area (Å²) in [6, 6.07) is 3.86. The predicted octanol–water partition coefficient (Wildman–Crippen LogP) is 1.17. The van der Waals surface area contributed by atoms with Gasteiger partial charge in [0.1, 0.15) is 6.54 Å². The molecule has 2 N–H and O–H groups in total. The van der Waals surface area contributed by atoms with Crippen LogP contribution in [0.15, 0.2) is 33.8 Å². The summed E-state index contributed by atoms with van der Waals surface area (Å²) < 4.78 is 7.05. The lowest BCUT2D eigenvalue weighted by molar-refractivity contribution is 0.367. The van der Waals surface area contributed by atoms with Crippen molar-refractivity contribution in [2.45, 2.75) is 26.4 Å². The molecule has 4 aromatic rings. The highest BCUT2D eigenvalue weighted by Crippen LogP contribution is 2.18. The summed E-state index contributed by atoms with van der Waals surface area (Å²) in [5.41, 5.74) is 4.05. The van der Waals surface area contributed by atoms with E-state index in [0.29, 0.717) is 18.0 Å². The van der Waals surface area contributed by atoms with Gasteiger partial charge in [0.15, 0.2) is 5.65 Å². The highest BCUT2D eigenvalue weighted by atomic mass is 16.5. The topological polar surface area (TPSA) is 115 Å². The van der Waals surface area contributed by atoms with E-state index >= 15 is 0 Å². The SMILES string of the molecule is Cc1cnc2c(cnn2Cc2nc(-c3cc4c([nH]c3=O)CCNC4)no2)c1. The molecule has 0 bridgehead atoms. The number of nitrogens with zero attached hydrogens (tertiary/aromatic N) is 5. The summed E-state index contributed by atoms with van der Waals surface area (Å²) in [4.78, 5) is 24.1. The van der Waals surface area contributed by atoms with Crippen molar-refractivity contribution in [3.63, 3.8) is 0 Å². The minimum absolute atomic E-state index is 0.204. The van der Waals surface area contributed by atoms with Crippen LogP contribution >= 0.6 is 0 Å². The molecule has 0 spiro atoms. The zero-order chi connectivity index (χ0) is 18.4.